The van der Waals surface area contributed by atoms with Crippen LogP contribution in [0.3, 0.4) is 0 Å². The largest absolute Gasteiger partial charge is 0.387 e. The van der Waals surface area contributed by atoms with E-state index < -0.39 is 28.0 Å². The molecule has 7 heteroatoms. The Morgan fingerprint density at radius 3 is 1.48 bits per heavy atom. The lowest BCUT2D eigenvalue weighted by Gasteiger charge is -2.21. The highest BCUT2D eigenvalue weighted by Crippen LogP contribution is 2.12. The molecule has 0 radical (unpaired) electrons. The van der Waals surface area contributed by atoms with Crippen molar-refractivity contribution in [3.05, 3.63) is 60.8 Å². The molecule has 48 heavy (non-hydrogen) atoms. The average molecular weight is 692 g/mol. The van der Waals surface area contributed by atoms with Gasteiger partial charge in [-0.25, -0.2) is 0 Å². The summed E-state index contributed by atoms with van der Waals surface area (Å²) in [5.41, 5.74) is 0. The van der Waals surface area contributed by atoms with E-state index in [1.165, 1.54) is 96.0 Å². The fraction of sp³-hybridized carbons (Fsp3) is 0.732. The number of hydrogen-bond acceptors (Lipinski definition) is 4. The van der Waals surface area contributed by atoms with Crippen molar-refractivity contribution in [1.29, 1.82) is 0 Å². The van der Waals surface area contributed by atoms with E-state index in [0.717, 1.165) is 51.4 Å². The first-order chi connectivity index (χ1) is 23.3. The molecule has 0 spiro atoms. The monoisotopic (exact) mass is 692 g/mol. The van der Waals surface area contributed by atoms with E-state index >= 15 is 0 Å². The van der Waals surface area contributed by atoms with E-state index in [1.54, 1.807) is 6.08 Å². The molecule has 2 unspecified atom stereocenters. The summed E-state index contributed by atoms with van der Waals surface area (Å²) in [6.45, 7) is 4.48. The lowest BCUT2D eigenvalue weighted by atomic mass is 10.1. The standard InChI is InChI=1S/C41H73NO5S/c1-3-5-7-9-11-13-15-17-19-21-23-25-27-29-31-33-35-37-41(44)42-39(38-48(45,46)47)40(43)36-34-32-30-28-26-24-22-20-18-16-14-12-10-8-6-4-2/h11,13,17-20,26,28,34,36,39-40,43H,3-10,12,14-16,21-25,27,29-33,35,37-38H2,1-2H3,(H,42,44)(H,45,46,47)/b13-11-,19-17-,20-18+,28-26+,36-34+. The Bertz CT molecular complexity index is 983. The number of amides is 1. The molecule has 278 valence electrons. The van der Waals surface area contributed by atoms with Gasteiger partial charge in [0.1, 0.15) is 0 Å². The van der Waals surface area contributed by atoms with Gasteiger partial charge in [-0.05, 0) is 77.0 Å². The number of allylic oxidation sites excluding steroid dienone is 9. The van der Waals surface area contributed by atoms with Crippen LogP contribution in [0, 0.1) is 0 Å². The van der Waals surface area contributed by atoms with E-state index in [4.69, 9.17) is 0 Å². The van der Waals surface area contributed by atoms with Gasteiger partial charge in [0.2, 0.25) is 5.91 Å². The fourth-order valence-electron chi connectivity index (χ4n) is 5.45. The number of aliphatic hydroxyl groups is 1. The second-order valence-electron chi connectivity index (χ2n) is 13.2. The molecule has 0 aromatic rings. The number of carbonyl (C=O) groups is 1. The maximum absolute atomic E-state index is 12.5. The first-order valence-corrected chi connectivity index (χ1v) is 21.1. The number of carbonyl (C=O) groups excluding carboxylic acids is 1. The number of hydrogen-bond donors (Lipinski definition) is 3. The van der Waals surface area contributed by atoms with Crippen LogP contribution < -0.4 is 5.32 Å². The molecule has 0 saturated heterocycles. The van der Waals surface area contributed by atoms with Crippen LogP contribution in [0.2, 0.25) is 0 Å². The molecule has 1 amide bonds. The molecule has 0 aromatic heterocycles. The maximum atomic E-state index is 12.5. The van der Waals surface area contributed by atoms with Crippen molar-refractivity contribution in [1.82, 2.24) is 5.32 Å². The molecule has 0 aliphatic heterocycles. The minimum atomic E-state index is -4.36. The molecule has 2 atom stereocenters. The summed E-state index contributed by atoms with van der Waals surface area (Å²) in [6, 6.07) is -1.08. The molecule has 0 bridgehead atoms. The van der Waals surface area contributed by atoms with E-state index in [1.807, 2.05) is 0 Å². The second-order valence-corrected chi connectivity index (χ2v) is 14.7. The predicted octanol–water partition coefficient (Wildman–Crippen LogP) is 11.3. The molecular formula is C41H73NO5S. The van der Waals surface area contributed by atoms with E-state index in [0.29, 0.717) is 12.8 Å². The van der Waals surface area contributed by atoms with Gasteiger partial charge in [0.25, 0.3) is 10.1 Å². The highest BCUT2D eigenvalue weighted by Gasteiger charge is 2.24. The summed E-state index contributed by atoms with van der Waals surface area (Å²) in [5.74, 6) is -1.02. The summed E-state index contributed by atoms with van der Waals surface area (Å²) < 4.78 is 32.4. The van der Waals surface area contributed by atoms with Gasteiger partial charge < -0.3 is 10.4 Å². The van der Waals surface area contributed by atoms with Crippen LogP contribution in [0.4, 0.5) is 0 Å². The Hall–Kier alpha value is -1.96. The van der Waals surface area contributed by atoms with Crippen molar-refractivity contribution in [3.63, 3.8) is 0 Å². The zero-order valence-electron chi connectivity index (χ0n) is 30.8. The SMILES string of the molecule is CCCCC/C=C\C/C=C\CCCCCCCCCC(=O)NC(CS(=O)(=O)O)C(O)/C=C/CC/C=C/CC/C=C/CCCCCCCC. The lowest BCUT2D eigenvalue weighted by Crippen LogP contribution is -2.46. The van der Waals surface area contributed by atoms with Gasteiger partial charge in [-0.2, -0.15) is 8.42 Å². The first-order valence-electron chi connectivity index (χ1n) is 19.5. The second kappa shape index (κ2) is 34.9. The Morgan fingerprint density at radius 2 is 0.958 bits per heavy atom. The molecule has 6 nitrogen and oxygen atoms in total. The van der Waals surface area contributed by atoms with Gasteiger partial charge in [0, 0.05) is 6.42 Å². The number of rotatable bonds is 34. The third-order valence-corrected chi connectivity index (χ3v) is 9.17. The molecule has 0 aromatic carbocycles. The lowest BCUT2D eigenvalue weighted by molar-refractivity contribution is -0.122. The Labute approximate surface area is 296 Å². The normalized spacial score (nSPS) is 14.0. The maximum Gasteiger partial charge on any atom is 0.267 e. The molecule has 0 heterocycles. The third-order valence-electron chi connectivity index (χ3n) is 8.39. The topological polar surface area (TPSA) is 104 Å². The summed E-state index contributed by atoms with van der Waals surface area (Å²) in [6.07, 6.45) is 47.7. The summed E-state index contributed by atoms with van der Waals surface area (Å²) in [5, 5.41) is 13.2. The molecule has 3 N–H and O–H groups in total. The van der Waals surface area contributed by atoms with Crippen molar-refractivity contribution >= 4 is 16.0 Å². The van der Waals surface area contributed by atoms with Crippen LogP contribution in [-0.4, -0.2) is 41.9 Å². The smallest absolute Gasteiger partial charge is 0.267 e. The van der Waals surface area contributed by atoms with E-state index in [-0.39, 0.29) is 12.3 Å². The van der Waals surface area contributed by atoms with Crippen molar-refractivity contribution < 1.29 is 22.9 Å². The van der Waals surface area contributed by atoms with Crippen LogP contribution >= 0.6 is 0 Å². The first kappa shape index (κ1) is 46.0. The molecule has 0 rings (SSSR count). The van der Waals surface area contributed by atoms with Gasteiger partial charge in [0.05, 0.1) is 17.9 Å². The van der Waals surface area contributed by atoms with Crippen LogP contribution in [0.1, 0.15) is 174 Å². The average Bonchev–Trinajstić information content (AvgIpc) is 3.05. The molecule has 0 aliphatic rings. The minimum absolute atomic E-state index is 0.273. The van der Waals surface area contributed by atoms with Crippen LogP contribution in [0.5, 0.6) is 0 Å². The summed E-state index contributed by atoms with van der Waals surface area (Å²) in [7, 11) is -4.36. The quantitative estimate of drug-likeness (QED) is 0.0354. The summed E-state index contributed by atoms with van der Waals surface area (Å²) >= 11 is 0. The van der Waals surface area contributed by atoms with Gasteiger partial charge >= 0.3 is 0 Å². The zero-order chi connectivity index (χ0) is 35.4. The zero-order valence-corrected chi connectivity index (χ0v) is 31.7. The Kier molecular flexibility index (Phi) is 33.5. The predicted molar refractivity (Wildman–Crippen MR) is 207 cm³/mol. The van der Waals surface area contributed by atoms with E-state index in [2.05, 4.69) is 67.8 Å². The van der Waals surface area contributed by atoms with Gasteiger partial charge in [-0.1, -0.05) is 152 Å². The van der Waals surface area contributed by atoms with Crippen molar-refractivity contribution in [2.45, 2.75) is 187 Å². The number of unbranched alkanes of at least 4 members (excludes halogenated alkanes) is 18. The molecule has 0 aliphatic carbocycles. The number of nitrogens with one attached hydrogen (secondary N) is 1. The van der Waals surface area contributed by atoms with Crippen molar-refractivity contribution in [3.8, 4) is 0 Å². The van der Waals surface area contributed by atoms with Gasteiger partial charge in [-0.15, -0.1) is 0 Å². The minimum Gasteiger partial charge on any atom is -0.387 e. The Morgan fingerprint density at radius 1 is 0.562 bits per heavy atom. The van der Waals surface area contributed by atoms with Gasteiger partial charge in [-0.3, -0.25) is 9.35 Å². The van der Waals surface area contributed by atoms with Crippen LogP contribution in [-0.2, 0) is 14.9 Å². The van der Waals surface area contributed by atoms with Crippen molar-refractivity contribution in [2.75, 3.05) is 5.75 Å². The summed E-state index contributed by atoms with van der Waals surface area (Å²) in [4.78, 5) is 12.5. The Balaban J connectivity index is 4.06. The van der Waals surface area contributed by atoms with Crippen molar-refractivity contribution in [2.24, 2.45) is 0 Å². The highest BCUT2D eigenvalue weighted by atomic mass is 32.2. The fourth-order valence-corrected chi connectivity index (χ4v) is 6.18. The van der Waals surface area contributed by atoms with Gasteiger partial charge in [0.15, 0.2) is 0 Å². The highest BCUT2D eigenvalue weighted by molar-refractivity contribution is 7.85. The number of aliphatic hydroxyl groups excluding tert-OH is 1. The molecule has 0 fully saturated rings. The third kappa shape index (κ3) is 35.3. The molecule has 0 saturated carbocycles. The van der Waals surface area contributed by atoms with E-state index in [9.17, 15) is 22.9 Å². The molecular weight excluding hydrogens is 619 g/mol. The van der Waals surface area contributed by atoms with Crippen LogP contribution in [0.15, 0.2) is 60.8 Å². The van der Waals surface area contributed by atoms with Crippen LogP contribution in [0.25, 0.3) is 0 Å².